The highest BCUT2D eigenvalue weighted by Crippen LogP contribution is 2.24. The molecule has 1 fully saturated rings. The molecule has 1 unspecified atom stereocenters. The molecule has 1 aliphatic rings. The number of hydrogen-bond acceptors (Lipinski definition) is 2. The number of alkyl halides is 2. The SMILES string of the molecule is O=C(O)C(F)(F)C1CCCCN1. The molecule has 0 amide bonds. The molecule has 0 aromatic carbocycles. The number of nitrogens with one attached hydrogen (secondary N) is 1. The Balaban J connectivity index is 2.59. The number of carboxylic acids is 1. The van der Waals surface area contributed by atoms with E-state index in [1.807, 2.05) is 0 Å². The molecule has 1 rings (SSSR count). The lowest BCUT2D eigenvalue weighted by molar-refractivity contribution is -0.170. The van der Waals surface area contributed by atoms with Crippen molar-refractivity contribution in [3.63, 3.8) is 0 Å². The third-order valence-corrected chi connectivity index (χ3v) is 2.03. The molecule has 0 radical (unpaired) electrons. The second-order valence-corrected chi connectivity index (χ2v) is 2.93. The number of hydrogen-bond donors (Lipinski definition) is 2. The number of carbonyl (C=O) groups is 1. The standard InChI is InChI=1S/C7H11F2NO2/c8-7(9,6(11)12)5-3-1-2-4-10-5/h5,10H,1-4H2,(H,11,12). The smallest absolute Gasteiger partial charge is 0.376 e. The van der Waals surface area contributed by atoms with Gasteiger partial charge in [0.1, 0.15) is 0 Å². The second kappa shape index (κ2) is 3.35. The first-order chi connectivity index (χ1) is 5.55. The van der Waals surface area contributed by atoms with Crippen molar-refractivity contribution in [2.45, 2.75) is 31.2 Å². The number of aliphatic carboxylic acids is 1. The molecule has 1 aliphatic heterocycles. The summed E-state index contributed by atoms with van der Waals surface area (Å²) >= 11 is 0. The quantitative estimate of drug-likeness (QED) is 0.660. The Morgan fingerprint density at radius 3 is 2.58 bits per heavy atom. The van der Waals surface area contributed by atoms with E-state index in [1.165, 1.54) is 0 Å². The van der Waals surface area contributed by atoms with E-state index in [0.717, 1.165) is 6.42 Å². The Morgan fingerprint density at radius 1 is 1.50 bits per heavy atom. The van der Waals surface area contributed by atoms with Gasteiger partial charge in [0, 0.05) is 0 Å². The van der Waals surface area contributed by atoms with Crippen molar-refractivity contribution in [1.29, 1.82) is 0 Å². The van der Waals surface area contributed by atoms with E-state index in [9.17, 15) is 13.6 Å². The van der Waals surface area contributed by atoms with E-state index in [1.54, 1.807) is 0 Å². The minimum Gasteiger partial charge on any atom is -0.477 e. The zero-order valence-corrected chi connectivity index (χ0v) is 6.52. The Hall–Kier alpha value is -0.710. The summed E-state index contributed by atoms with van der Waals surface area (Å²) in [6, 6.07) is -1.19. The van der Waals surface area contributed by atoms with E-state index in [0.29, 0.717) is 13.0 Å². The average Bonchev–Trinajstić information content (AvgIpc) is 2.06. The molecule has 0 saturated carbocycles. The van der Waals surface area contributed by atoms with Gasteiger partial charge >= 0.3 is 11.9 Å². The highest BCUT2D eigenvalue weighted by Gasteiger charge is 2.47. The molecule has 12 heavy (non-hydrogen) atoms. The molecular weight excluding hydrogens is 168 g/mol. The summed E-state index contributed by atoms with van der Waals surface area (Å²) in [5, 5.41) is 10.7. The molecule has 0 bridgehead atoms. The maximum absolute atomic E-state index is 12.8. The van der Waals surface area contributed by atoms with Crippen LogP contribution in [0.4, 0.5) is 8.78 Å². The van der Waals surface area contributed by atoms with Crippen LogP contribution in [0, 0.1) is 0 Å². The molecule has 1 saturated heterocycles. The molecule has 70 valence electrons. The van der Waals surface area contributed by atoms with E-state index in [4.69, 9.17) is 5.11 Å². The van der Waals surface area contributed by atoms with Gasteiger partial charge in [0.2, 0.25) is 0 Å². The van der Waals surface area contributed by atoms with Crippen LogP contribution in [-0.4, -0.2) is 29.6 Å². The number of rotatable bonds is 2. The fourth-order valence-electron chi connectivity index (χ4n) is 1.31. The van der Waals surface area contributed by atoms with Crippen molar-refractivity contribution in [1.82, 2.24) is 5.32 Å². The van der Waals surface area contributed by atoms with Crippen LogP contribution in [0.3, 0.4) is 0 Å². The molecule has 1 heterocycles. The second-order valence-electron chi connectivity index (χ2n) is 2.93. The minimum atomic E-state index is -3.62. The lowest BCUT2D eigenvalue weighted by Crippen LogP contribution is -2.51. The van der Waals surface area contributed by atoms with Gasteiger partial charge in [-0.1, -0.05) is 6.42 Å². The Bertz CT molecular complexity index is 178. The van der Waals surface area contributed by atoms with Gasteiger partial charge in [0.05, 0.1) is 6.04 Å². The zero-order valence-electron chi connectivity index (χ0n) is 6.52. The predicted molar refractivity (Wildman–Crippen MR) is 38.2 cm³/mol. The van der Waals surface area contributed by atoms with Gasteiger partial charge in [-0.25, -0.2) is 4.79 Å². The molecule has 1 atom stereocenters. The van der Waals surface area contributed by atoms with Gasteiger partial charge in [-0.3, -0.25) is 0 Å². The average molecular weight is 179 g/mol. The maximum Gasteiger partial charge on any atom is 0.376 e. The topological polar surface area (TPSA) is 49.3 Å². The largest absolute Gasteiger partial charge is 0.477 e. The fourth-order valence-corrected chi connectivity index (χ4v) is 1.31. The van der Waals surface area contributed by atoms with Gasteiger partial charge in [-0.05, 0) is 19.4 Å². The van der Waals surface area contributed by atoms with Crippen molar-refractivity contribution in [2.24, 2.45) is 0 Å². The lowest BCUT2D eigenvalue weighted by atomic mass is 9.99. The third-order valence-electron chi connectivity index (χ3n) is 2.03. The Labute approximate surface area is 68.8 Å². The summed E-state index contributed by atoms with van der Waals surface area (Å²) in [4.78, 5) is 10.1. The van der Waals surface area contributed by atoms with Crippen LogP contribution in [0.1, 0.15) is 19.3 Å². The zero-order chi connectivity index (χ0) is 9.19. The van der Waals surface area contributed by atoms with Crippen molar-refractivity contribution < 1.29 is 18.7 Å². The Morgan fingerprint density at radius 2 is 2.17 bits per heavy atom. The molecular formula is C7H11F2NO2. The van der Waals surface area contributed by atoms with Crippen LogP contribution < -0.4 is 5.32 Å². The van der Waals surface area contributed by atoms with Crippen LogP contribution in [0.2, 0.25) is 0 Å². The number of carboxylic acid groups (broad SMARTS) is 1. The summed E-state index contributed by atoms with van der Waals surface area (Å²) in [6.07, 6.45) is 1.74. The van der Waals surface area contributed by atoms with E-state index >= 15 is 0 Å². The van der Waals surface area contributed by atoms with E-state index in [-0.39, 0.29) is 6.42 Å². The predicted octanol–water partition coefficient (Wildman–Crippen LogP) is 0.848. The summed E-state index contributed by atoms with van der Waals surface area (Å²) in [6.45, 7) is 0.480. The van der Waals surface area contributed by atoms with Crippen LogP contribution in [-0.2, 0) is 4.79 Å². The first-order valence-electron chi connectivity index (χ1n) is 3.89. The minimum absolute atomic E-state index is 0.235. The monoisotopic (exact) mass is 179 g/mol. The third kappa shape index (κ3) is 1.72. The van der Waals surface area contributed by atoms with Crippen molar-refractivity contribution in [3.05, 3.63) is 0 Å². The van der Waals surface area contributed by atoms with Crippen molar-refractivity contribution in [2.75, 3.05) is 6.54 Å². The van der Waals surface area contributed by atoms with Crippen LogP contribution >= 0.6 is 0 Å². The van der Waals surface area contributed by atoms with Gasteiger partial charge < -0.3 is 10.4 Å². The lowest BCUT2D eigenvalue weighted by Gasteiger charge is -2.27. The van der Waals surface area contributed by atoms with Gasteiger partial charge in [-0.2, -0.15) is 8.78 Å². The first-order valence-corrected chi connectivity index (χ1v) is 3.89. The van der Waals surface area contributed by atoms with Crippen molar-refractivity contribution in [3.8, 4) is 0 Å². The van der Waals surface area contributed by atoms with Gasteiger partial charge in [0.15, 0.2) is 0 Å². The normalized spacial score (nSPS) is 25.3. The van der Waals surface area contributed by atoms with E-state index < -0.39 is 17.9 Å². The maximum atomic E-state index is 12.8. The highest BCUT2D eigenvalue weighted by molar-refractivity contribution is 5.76. The van der Waals surface area contributed by atoms with Crippen LogP contribution in [0.25, 0.3) is 0 Å². The van der Waals surface area contributed by atoms with E-state index in [2.05, 4.69) is 5.32 Å². The molecule has 0 aromatic heterocycles. The number of halogens is 2. The van der Waals surface area contributed by atoms with Crippen LogP contribution in [0.15, 0.2) is 0 Å². The van der Waals surface area contributed by atoms with Crippen LogP contribution in [0.5, 0.6) is 0 Å². The van der Waals surface area contributed by atoms with Crippen molar-refractivity contribution >= 4 is 5.97 Å². The molecule has 5 heteroatoms. The summed E-state index contributed by atoms with van der Waals surface area (Å²) in [5.74, 6) is -5.66. The number of piperidine rings is 1. The van der Waals surface area contributed by atoms with Gasteiger partial charge in [-0.15, -0.1) is 0 Å². The fraction of sp³-hybridized carbons (Fsp3) is 0.857. The molecule has 2 N–H and O–H groups in total. The molecule has 3 nitrogen and oxygen atoms in total. The molecule has 0 aliphatic carbocycles. The summed E-state index contributed by atoms with van der Waals surface area (Å²) in [7, 11) is 0. The summed E-state index contributed by atoms with van der Waals surface area (Å²) < 4.78 is 25.5. The highest BCUT2D eigenvalue weighted by atomic mass is 19.3. The molecule has 0 aromatic rings. The summed E-state index contributed by atoms with van der Waals surface area (Å²) in [5.41, 5.74) is 0. The Kier molecular flexibility index (Phi) is 2.62. The molecule has 0 spiro atoms. The van der Waals surface area contributed by atoms with Gasteiger partial charge in [0.25, 0.3) is 0 Å². The first kappa shape index (κ1) is 9.38.